The van der Waals surface area contributed by atoms with Crippen LogP contribution in [0.3, 0.4) is 0 Å². The van der Waals surface area contributed by atoms with Gasteiger partial charge < -0.3 is 4.90 Å². The third kappa shape index (κ3) is 6.86. The molecule has 0 saturated heterocycles. The van der Waals surface area contributed by atoms with Gasteiger partial charge in [0.2, 0.25) is 0 Å². The van der Waals surface area contributed by atoms with Gasteiger partial charge in [-0.05, 0) is 94.0 Å². The van der Waals surface area contributed by atoms with Crippen LogP contribution >= 0.6 is 0 Å². The Morgan fingerprint density at radius 3 is 1.01 bits per heavy atom. The summed E-state index contributed by atoms with van der Waals surface area (Å²) in [7, 11) is 0. The van der Waals surface area contributed by atoms with Crippen molar-refractivity contribution in [3.63, 3.8) is 0 Å². The maximum Gasteiger partial charge on any atom is 0.0973 e. The van der Waals surface area contributed by atoms with Crippen LogP contribution in [0.2, 0.25) is 0 Å². The molecule has 0 atom stereocenters. The number of hydrogen-bond acceptors (Lipinski definition) is 5. The maximum absolute atomic E-state index is 5.24. The van der Waals surface area contributed by atoms with Crippen LogP contribution in [0.15, 0.2) is 261 Å². The third-order valence-corrected chi connectivity index (χ3v) is 13.7. The Morgan fingerprint density at radius 2 is 0.586 bits per heavy atom. The number of para-hydroxylation sites is 4. The van der Waals surface area contributed by atoms with Gasteiger partial charge in [0.1, 0.15) is 0 Å². The van der Waals surface area contributed by atoms with E-state index >= 15 is 0 Å². The molecule has 12 aromatic rings. The molecule has 5 nitrogen and oxygen atoms in total. The van der Waals surface area contributed by atoms with Crippen molar-refractivity contribution < 1.29 is 0 Å². The number of hydrogen-bond donors (Lipinski definition) is 0. The molecule has 1 aliphatic carbocycles. The lowest BCUT2D eigenvalue weighted by Crippen LogP contribution is -2.28. The lowest BCUT2D eigenvalue weighted by Gasteiger charge is -2.35. The summed E-state index contributed by atoms with van der Waals surface area (Å²) in [6.07, 6.45) is 0. The molecule has 2 aromatic heterocycles. The van der Waals surface area contributed by atoms with Gasteiger partial charge in [-0.1, -0.05) is 200 Å². The highest BCUT2D eigenvalue weighted by molar-refractivity contribution is 5.92. The van der Waals surface area contributed by atoms with Crippen LogP contribution in [0.1, 0.15) is 22.3 Å². The lowest BCUT2D eigenvalue weighted by atomic mass is 9.67. The minimum absolute atomic E-state index is 0.560. The van der Waals surface area contributed by atoms with E-state index < -0.39 is 5.41 Å². The van der Waals surface area contributed by atoms with Gasteiger partial charge in [0.15, 0.2) is 0 Å². The van der Waals surface area contributed by atoms with E-state index in [4.69, 9.17) is 19.9 Å². The number of aromatic nitrogens is 4. The van der Waals surface area contributed by atoms with Crippen LogP contribution < -0.4 is 4.90 Å². The van der Waals surface area contributed by atoms with Gasteiger partial charge in [-0.15, -0.1) is 0 Å². The van der Waals surface area contributed by atoms with Crippen LogP contribution in [0, 0.1) is 0 Å². The molecule has 0 saturated carbocycles. The van der Waals surface area contributed by atoms with Gasteiger partial charge in [-0.2, -0.15) is 0 Å². The average Bonchev–Trinajstić information content (AvgIpc) is 3.74. The number of anilines is 3. The first-order valence-electron chi connectivity index (χ1n) is 23.7. The first-order valence-corrected chi connectivity index (χ1v) is 23.7. The Hall–Kier alpha value is -9.32. The van der Waals surface area contributed by atoms with Gasteiger partial charge in [-0.25, -0.2) is 19.9 Å². The highest BCUT2D eigenvalue weighted by atomic mass is 15.1. The van der Waals surface area contributed by atoms with Crippen molar-refractivity contribution in [1.82, 2.24) is 19.9 Å². The summed E-state index contributed by atoms with van der Waals surface area (Å²) in [5.74, 6) is 0. The molecule has 2 heterocycles. The molecule has 0 amide bonds. The van der Waals surface area contributed by atoms with Crippen molar-refractivity contribution in [2.24, 2.45) is 0 Å². The number of fused-ring (bicyclic) bond motifs is 5. The van der Waals surface area contributed by atoms with E-state index in [2.05, 4.69) is 205 Å². The normalized spacial score (nSPS) is 12.4. The topological polar surface area (TPSA) is 54.8 Å². The summed E-state index contributed by atoms with van der Waals surface area (Å²) >= 11 is 0. The summed E-state index contributed by atoms with van der Waals surface area (Å²) in [6, 6.07) is 92.3. The molecule has 0 radical (unpaired) electrons. The van der Waals surface area contributed by atoms with E-state index in [1.54, 1.807) is 0 Å². The Balaban J connectivity index is 1.00. The second-order valence-electron chi connectivity index (χ2n) is 17.7. The minimum Gasteiger partial charge on any atom is -0.310 e. The Bertz CT molecular complexity index is 3650. The zero-order valence-electron chi connectivity index (χ0n) is 38.1. The Kier molecular flexibility index (Phi) is 9.98. The van der Waals surface area contributed by atoms with E-state index in [0.29, 0.717) is 0 Å². The molecule has 0 aliphatic heterocycles. The molecule has 5 heteroatoms. The molecule has 0 bridgehead atoms. The molecule has 0 spiro atoms. The molecule has 10 aromatic carbocycles. The predicted octanol–water partition coefficient (Wildman–Crippen LogP) is 16.1. The van der Waals surface area contributed by atoms with E-state index in [9.17, 15) is 0 Å². The molecule has 1 aliphatic rings. The molecule has 0 unspecified atom stereocenters. The summed E-state index contributed by atoms with van der Waals surface area (Å²) < 4.78 is 0. The van der Waals surface area contributed by atoms with Crippen molar-refractivity contribution >= 4 is 39.1 Å². The molecule has 13 rings (SSSR count). The van der Waals surface area contributed by atoms with Gasteiger partial charge >= 0.3 is 0 Å². The Labute approximate surface area is 406 Å². The highest BCUT2D eigenvalue weighted by Crippen LogP contribution is 2.57. The second kappa shape index (κ2) is 17.1. The first kappa shape index (κ1) is 40.9. The Morgan fingerprint density at radius 1 is 0.257 bits per heavy atom. The van der Waals surface area contributed by atoms with Crippen LogP contribution in [0.25, 0.3) is 78.2 Å². The van der Waals surface area contributed by atoms with Gasteiger partial charge in [-0.3, -0.25) is 0 Å². The van der Waals surface area contributed by atoms with Crippen molar-refractivity contribution in [3.8, 4) is 56.2 Å². The van der Waals surface area contributed by atoms with Crippen molar-refractivity contribution in [2.75, 3.05) is 4.90 Å². The summed E-state index contributed by atoms with van der Waals surface area (Å²) in [5.41, 5.74) is 20.7. The predicted molar refractivity (Wildman–Crippen MR) is 286 cm³/mol. The van der Waals surface area contributed by atoms with Crippen LogP contribution in [0.5, 0.6) is 0 Å². The smallest absolute Gasteiger partial charge is 0.0973 e. The summed E-state index contributed by atoms with van der Waals surface area (Å²) in [5, 5.41) is 0. The number of nitrogens with zero attached hydrogens (tertiary/aromatic N) is 5. The van der Waals surface area contributed by atoms with Gasteiger partial charge in [0.05, 0.1) is 50.3 Å². The second-order valence-corrected chi connectivity index (χ2v) is 17.7. The molecule has 0 N–H and O–H groups in total. The molecule has 328 valence electrons. The quantitative estimate of drug-likeness (QED) is 0.144. The van der Waals surface area contributed by atoms with E-state index in [1.807, 2.05) is 60.7 Å². The standard InChI is InChI=1S/C65H43N5/c1-5-19-44(20-6-1)61-63(68-59-31-17-15-29-57(59)66-61)46-33-37-50(38-34-46)70(51-39-35-47(36-40-51)64-62(45-21-7-2-8-22-45)67-58-30-16-18-32-60(58)69-64)52-41-42-54-53-27-13-14-28-55(53)65(56(54)43-52,48-23-9-3-10-24-48)49-25-11-4-12-26-49/h1-43H. The molecular formula is C65H43N5. The van der Waals surface area contributed by atoms with Crippen LogP contribution in [0.4, 0.5) is 17.1 Å². The van der Waals surface area contributed by atoms with Crippen molar-refractivity contribution in [1.29, 1.82) is 0 Å². The van der Waals surface area contributed by atoms with Crippen LogP contribution in [-0.4, -0.2) is 19.9 Å². The van der Waals surface area contributed by atoms with E-state index in [1.165, 1.54) is 33.4 Å². The van der Waals surface area contributed by atoms with Gasteiger partial charge in [0, 0.05) is 39.3 Å². The van der Waals surface area contributed by atoms with Crippen LogP contribution in [-0.2, 0) is 5.41 Å². The summed E-state index contributed by atoms with van der Waals surface area (Å²) in [6.45, 7) is 0. The third-order valence-electron chi connectivity index (χ3n) is 13.7. The maximum atomic E-state index is 5.24. The lowest BCUT2D eigenvalue weighted by molar-refractivity contribution is 0.768. The molecular weight excluding hydrogens is 851 g/mol. The summed E-state index contributed by atoms with van der Waals surface area (Å²) in [4.78, 5) is 23.2. The molecule has 70 heavy (non-hydrogen) atoms. The zero-order chi connectivity index (χ0) is 46.4. The van der Waals surface area contributed by atoms with Gasteiger partial charge in [0.25, 0.3) is 0 Å². The largest absolute Gasteiger partial charge is 0.310 e. The van der Waals surface area contributed by atoms with Crippen molar-refractivity contribution in [2.45, 2.75) is 5.41 Å². The highest BCUT2D eigenvalue weighted by Gasteiger charge is 2.46. The minimum atomic E-state index is -0.560. The number of benzene rings is 10. The first-order chi connectivity index (χ1) is 34.7. The average molecular weight is 894 g/mol. The monoisotopic (exact) mass is 893 g/mol. The number of rotatable bonds is 9. The fraction of sp³-hybridized carbons (Fsp3) is 0.0154. The SMILES string of the molecule is c1ccc(-c2nc3ccccc3nc2-c2ccc(N(c3ccc(-c4nc5ccccc5nc4-c4ccccc4)cc3)c3ccc4c(c3)C(c3ccccc3)(c3ccccc3)c3ccccc3-4)cc2)cc1. The van der Waals surface area contributed by atoms with Crippen molar-refractivity contribution in [3.05, 3.63) is 283 Å². The fourth-order valence-electron chi connectivity index (χ4n) is 10.6. The molecule has 0 fully saturated rings. The zero-order valence-corrected chi connectivity index (χ0v) is 38.1. The van der Waals surface area contributed by atoms with E-state index in [0.717, 1.165) is 84.2 Å². The van der Waals surface area contributed by atoms with E-state index in [-0.39, 0.29) is 0 Å². The fourth-order valence-corrected chi connectivity index (χ4v) is 10.6.